The van der Waals surface area contributed by atoms with Gasteiger partial charge in [0.15, 0.2) is 5.76 Å². The molecular weight excluding hydrogens is 260 g/mol. The first kappa shape index (κ1) is 13.8. The van der Waals surface area contributed by atoms with Crippen LogP contribution in [0.25, 0.3) is 0 Å². The molecule has 0 bridgehead atoms. The van der Waals surface area contributed by atoms with E-state index >= 15 is 0 Å². The summed E-state index contributed by atoms with van der Waals surface area (Å²) in [4.78, 5) is 27.3. The second-order valence-electron chi connectivity index (χ2n) is 4.06. The highest BCUT2D eigenvalue weighted by atomic mass is 16.5. The summed E-state index contributed by atoms with van der Waals surface area (Å²) in [7, 11) is 1.31. The van der Waals surface area contributed by atoms with Crippen LogP contribution in [0.5, 0.6) is 0 Å². The van der Waals surface area contributed by atoms with E-state index in [1.807, 2.05) is 0 Å². The van der Waals surface area contributed by atoms with Gasteiger partial charge in [-0.2, -0.15) is 0 Å². The highest BCUT2D eigenvalue weighted by Gasteiger charge is 2.20. The fourth-order valence-electron chi connectivity index (χ4n) is 1.74. The molecule has 0 aliphatic carbocycles. The largest absolute Gasteiger partial charge is 0.469 e. The van der Waals surface area contributed by atoms with Gasteiger partial charge in [-0.05, 0) is 29.8 Å². The SMILES string of the molecule is COC(=O)C[C@H](NC(=O)c1ccco1)c1ccncc1. The van der Waals surface area contributed by atoms with Crippen molar-refractivity contribution in [1.82, 2.24) is 10.3 Å². The minimum atomic E-state index is -0.497. The van der Waals surface area contributed by atoms with Crippen molar-refractivity contribution in [3.8, 4) is 0 Å². The van der Waals surface area contributed by atoms with E-state index in [0.717, 1.165) is 5.56 Å². The molecule has 0 aliphatic heterocycles. The molecular formula is C14H14N2O4. The number of ether oxygens (including phenoxy) is 1. The minimum absolute atomic E-state index is 0.0347. The molecule has 2 rings (SSSR count). The van der Waals surface area contributed by atoms with Crippen LogP contribution in [-0.2, 0) is 9.53 Å². The van der Waals surface area contributed by atoms with Crippen LogP contribution in [-0.4, -0.2) is 24.0 Å². The van der Waals surface area contributed by atoms with Crippen molar-refractivity contribution in [3.05, 3.63) is 54.2 Å². The van der Waals surface area contributed by atoms with Gasteiger partial charge in [-0.15, -0.1) is 0 Å². The van der Waals surface area contributed by atoms with Crippen LogP contribution in [0.3, 0.4) is 0 Å². The lowest BCUT2D eigenvalue weighted by molar-refractivity contribution is -0.141. The Morgan fingerprint density at radius 1 is 1.35 bits per heavy atom. The average Bonchev–Trinajstić information content (AvgIpc) is 3.01. The fraction of sp³-hybridized carbons (Fsp3) is 0.214. The first-order valence-electron chi connectivity index (χ1n) is 6.02. The van der Waals surface area contributed by atoms with E-state index in [2.05, 4.69) is 15.0 Å². The Morgan fingerprint density at radius 3 is 2.70 bits per heavy atom. The monoisotopic (exact) mass is 274 g/mol. The third-order valence-electron chi connectivity index (χ3n) is 2.76. The Hall–Kier alpha value is -2.63. The van der Waals surface area contributed by atoms with E-state index in [1.54, 1.807) is 36.7 Å². The van der Waals surface area contributed by atoms with Crippen molar-refractivity contribution in [1.29, 1.82) is 0 Å². The number of pyridine rings is 1. The van der Waals surface area contributed by atoms with Crippen molar-refractivity contribution in [2.75, 3.05) is 7.11 Å². The maximum Gasteiger partial charge on any atom is 0.307 e. The molecule has 6 nitrogen and oxygen atoms in total. The van der Waals surface area contributed by atoms with E-state index in [0.29, 0.717) is 0 Å². The van der Waals surface area contributed by atoms with Gasteiger partial charge < -0.3 is 14.5 Å². The number of esters is 1. The number of methoxy groups -OCH3 is 1. The van der Waals surface area contributed by atoms with Crippen LogP contribution >= 0.6 is 0 Å². The molecule has 1 atom stereocenters. The maximum atomic E-state index is 12.0. The quantitative estimate of drug-likeness (QED) is 0.839. The van der Waals surface area contributed by atoms with E-state index in [1.165, 1.54) is 13.4 Å². The third kappa shape index (κ3) is 3.44. The number of hydrogen-bond donors (Lipinski definition) is 1. The van der Waals surface area contributed by atoms with Gasteiger partial charge in [-0.3, -0.25) is 14.6 Å². The molecule has 1 N–H and O–H groups in total. The lowest BCUT2D eigenvalue weighted by Gasteiger charge is -2.17. The lowest BCUT2D eigenvalue weighted by atomic mass is 10.1. The van der Waals surface area contributed by atoms with Crippen LogP contribution < -0.4 is 5.32 Å². The number of aromatic nitrogens is 1. The van der Waals surface area contributed by atoms with Crippen molar-refractivity contribution in [2.24, 2.45) is 0 Å². The van der Waals surface area contributed by atoms with Gasteiger partial charge in [0.05, 0.1) is 25.8 Å². The molecule has 2 aromatic rings. The van der Waals surface area contributed by atoms with Crippen LogP contribution in [0.15, 0.2) is 47.3 Å². The van der Waals surface area contributed by atoms with Crippen LogP contribution in [0.2, 0.25) is 0 Å². The standard InChI is InChI=1S/C14H14N2O4/c1-19-13(17)9-11(10-4-6-15-7-5-10)16-14(18)12-3-2-8-20-12/h2-8,11H,9H2,1H3,(H,16,18)/t11-/m0/s1. The number of carbonyl (C=O) groups excluding carboxylic acids is 2. The number of hydrogen-bond acceptors (Lipinski definition) is 5. The molecule has 0 fully saturated rings. The van der Waals surface area contributed by atoms with Crippen LogP contribution in [0.1, 0.15) is 28.6 Å². The Morgan fingerprint density at radius 2 is 2.10 bits per heavy atom. The van der Waals surface area contributed by atoms with Crippen molar-refractivity contribution < 1.29 is 18.7 Å². The summed E-state index contributed by atoms with van der Waals surface area (Å²) < 4.78 is 9.67. The van der Waals surface area contributed by atoms with Crippen molar-refractivity contribution >= 4 is 11.9 Å². The van der Waals surface area contributed by atoms with Crippen molar-refractivity contribution in [2.45, 2.75) is 12.5 Å². The summed E-state index contributed by atoms with van der Waals surface area (Å²) >= 11 is 0. The second-order valence-corrected chi connectivity index (χ2v) is 4.06. The molecule has 0 unspecified atom stereocenters. The molecule has 0 saturated carbocycles. The smallest absolute Gasteiger partial charge is 0.307 e. The molecule has 0 aliphatic rings. The molecule has 0 aromatic carbocycles. The molecule has 2 aromatic heterocycles. The molecule has 104 valence electrons. The predicted molar refractivity (Wildman–Crippen MR) is 69.8 cm³/mol. The zero-order valence-electron chi connectivity index (χ0n) is 10.9. The molecule has 2 heterocycles. The van der Waals surface area contributed by atoms with Crippen molar-refractivity contribution in [3.63, 3.8) is 0 Å². The van der Waals surface area contributed by atoms with E-state index < -0.39 is 12.0 Å². The Bertz CT molecular complexity index is 566. The molecule has 1 amide bonds. The third-order valence-corrected chi connectivity index (χ3v) is 2.76. The fourth-order valence-corrected chi connectivity index (χ4v) is 1.74. The summed E-state index contributed by atoms with van der Waals surface area (Å²) in [6.07, 6.45) is 4.64. The number of carbonyl (C=O) groups is 2. The van der Waals surface area contributed by atoms with Gasteiger partial charge in [0.2, 0.25) is 0 Å². The zero-order chi connectivity index (χ0) is 14.4. The van der Waals surface area contributed by atoms with Crippen LogP contribution in [0, 0.1) is 0 Å². The molecule has 0 saturated heterocycles. The average molecular weight is 274 g/mol. The summed E-state index contributed by atoms with van der Waals surface area (Å²) in [5, 5.41) is 2.74. The van der Waals surface area contributed by atoms with Gasteiger partial charge in [0.25, 0.3) is 5.91 Å². The number of furan rings is 1. The highest BCUT2D eigenvalue weighted by molar-refractivity contribution is 5.92. The highest BCUT2D eigenvalue weighted by Crippen LogP contribution is 2.17. The number of amides is 1. The second kappa shape index (κ2) is 6.51. The minimum Gasteiger partial charge on any atom is -0.469 e. The van der Waals surface area contributed by atoms with Gasteiger partial charge in [0.1, 0.15) is 0 Å². The topological polar surface area (TPSA) is 81.4 Å². The van der Waals surface area contributed by atoms with E-state index in [-0.39, 0.29) is 18.1 Å². The molecule has 20 heavy (non-hydrogen) atoms. The Labute approximate surface area is 115 Å². The lowest BCUT2D eigenvalue weighted by Crippen LogP contribution is -2.30. The van der Waals surface area contributed by atoms with Gasteiger partial charge in [0, 0.05) is 12.4 Å². The maximum absolute atomic E-state index is 12.0. The van der Waals surface area contributed by atoms with E-state index in [9.17, 15) is 9.59 Å². The summed E-state index contributed by atoms with van der Waals surface area (Å²) in [5.41, 5.74) is 0.769. The summed E-state index contributed by atoms with van der Waals surface area (Å²) in [5.74, 6) is -0.610. The predicted octanol–water partition coefficient (Wildman–Crippen LogP) is 1.71. The first-order chi connectivity index (χ1) is 9.70. The summed E-state index contributed by atoms with van der Waals surface area (Å²) in [6, 6.07) is 6.14. The molecule has 6 heteroatoms. The Kier molecular flexibility index (Phi) is 4.49. The van der Waals surface area contributed by atoms with Gasteiger partial charge in [-0.1, -0.05) is 0 Å². The zero-order valence-corrected chi connectivity index (χ0v) is 10.9. The Balaban J connectivity index is 2.14. The van der Waals surface area contributed by atoms with E-state index in [4.69, 9.17) is 4.42 Å². The summed E-state index contributed by atoms with van der Waals surface area (Å²) in [6.45, 7) is 0. The number of rotatable bonds is 5. The molecule has 0 spiro atoms. The van der Waals surface area contributed by atoms with Gasteiger partial charge >= 0.3 is 5.97 Å². The number of nitrogens with one attached hydrogen (secondary N) is 1. The van der Waals surface area contributed by atoms with Crippen LogP contribution in [0.4, 0.5) is 0 Å². The van der Waals surface area contributed by atoms with Gasteiger partial charge in [-0.25, -0.2) is 0 Å². The molecule has 0 radical (unpaired) electrons. The first-order valence-corrected chi connectivity index (χ1v) is 6.02. The number of nitrogens with zero attached hydrogens (tertiary/aromatic N) is 1. The normalized spacial score (nSPS) is 11.7.